The number of methoxy groups -OCH3 is 1. The van der Waals surface area contributed by atoms with Gasteiger partial charge in [0.25, 0.3) is 0 Å². The molecule has 6 unspecified atom stereocenters. The number of esters is 1. The minimum absolute atomic E-state index is 0.120. The molecule has 3 saturated carbocycles. The zero-order chi connectivity index (χ0) is 14.0. The number of carbonyl (C=O) groups is 1. The molecule has 1 N–H and O–H groups in total. The van der Waals surface area contributed by atoms with Crippen LogP contribution in [0.15, 0.2) is 0 Å². The molecule has 4 fully saturated rings. The van der Waals surface area contributed by atoms with Gasteiger partial charge in [-0.3, -0.25) is 4.79 Å². The molecule has 1 saturated heterocycles. The Labute approximate surface area is 114 Å². The summed E-state index contributed by atoms with van der Waals surface area (Å²) < 4.78 is 11.1. The van der Waals surface area contributed by atoms with Gasteiger partial charge in [0.05, 0.1) is 24.7 Å². The van der Waals surface area contributed by atoms with Crippen LogP contribution in [0.5, 0.6) is 0 Å². The van der Waals surface area contributed by atoms with Crippen LogP contribution in [0, 0.1) is 28.6 Å². The van der Waals surface area contributed by atoms with E-state index in [9.17, 15) is 9.90 Å². The van der Waals surface area contributed by atoms with Crippen molar-refractivity contribution >= 4 is 5.97 Å². The number of cyclic esters (lactones) is 1. The lowest BCUT2D eigenvalue weighted by Gasteiger charge is -2.64. The maximum Gasteiger partial charge on any atom is 0.310 e. The number of fused-ring (bicyclic) bond motifs is 2. The fourth-order valence-corrected chi connectivity index (χ4v) is 5.26. The van der Waals surface area contributed by atoms with Crippen molar-refractivity contribution in [2.45, 2.75) is 45.8 Å². The third kappa shape index (κ3) is 1.34. The molecule has 4 rings (SSSR count). The first kappa shape index (κ1) is 13.4. The van der Waals surface area contributed by atoms with Crippen LogP contribution in [0.3, 0.4) is 0 Å². The molecule has 0 aromatic heterocycles. The molecule has 3 aliphatic carbocycles. The van der Waals surface area contributed by atoms with E-state index in [-0.39, 0.29) is 29.3 Å². The van der Waals surface area contributed by atoms with Crippen molar-refractivity contribution in [3.8, 4) is 0 Å². The highest BCUT2D eigenvalue weighted by Crippen LogP contribution is 2.67. The van der Waals surface area contributed by atoms with Crippen molar-refractivity contribution in [2.24, 2.45) is 28.6 Å². The predicted octanol–water partition coefficient (Wildman–Crippen LogP) is 1.61. The van der Waals surface area contributed by atoms with E-state index in [1.807, 2.05) is 6.92 Å². The molecule has 0 radical (unpaired) electrons. The fraction of sp³-hybridized carbons (Fsp3) is 0.933. The van der Waals surface area contributed by atoms with Crippen molar-refractivity contribution < 1.29 is 19.4 Å². The Morgan fingerprint density at radius 3 is 2.68 bits per heavy atom. The van der Waals surface area contributed by atoms with Crippen LogP contribution in [-0.4, -0.2) is 37.0 Å². The van der Waals surface area contributed by atoms with Gasteiger partial charge >= 0.3 is 5.97 Å². The molecule has 0 amide bonds. The van der Waals surface area contributed by atoms with E-state index in [0.29, 0.717) is 12.5 Å². The molecule has 2 bridgehead atoms. The molecule has 108 valence electrons. The maximum absolute atomic E-state index is 12.1. The Bertz CT molecular complexity index is 407. The van der Waals surface area contributed by atoms with Gasteiger partial charge in [-0.05, 0) is 18.8 Å². The SMILES string of the molecule is COC1C(O)C2(C)CCC1(C(C)C)C1COC(=O)C12. The molecular weight excluding hydrogens is 244 g/mol. The Hall–Kier alpha value is -0.610. The molecular formula is C15H24O4. The first-order valence-corrected chi connectivity index (χ1v) is 7.27. The molecule has 19 heavy (non-hydrogen) atoms. The lowest BCUT2D eigenvalue weighted by Crippen LogP contribution is -2.70. The zero-order valence-electron chi connectivity index (χ0n) is 12.2. The number of aliphatic hydroxyl groups excluding tert-OH is 1. The average molecular weight is 268 g/mol. The summed E-state index contributed by atoms with van der Waals surface area (Å²) in [5, 5.41) is 10.8. The number of rotatable bonds is 2. The van der Waals surface area contributed by atoms with Crippen LogP contribution in [0.25, 0.3) is 0 Å². The van der Waals surface area contributed by atoms with Crippen molar-refractivity contribution in [2.75, 3.05) is 13.7 Å². The Morgan fingerprint density at radius 1 is 1.42 bits per heavy atom. The lowest BCUT2D eigenvalue weighted by molar-refractivity contribution is -0.260. The number of carbonyl (C=O) groups excluding carboxylic acids is 1. The first-order valence-electron chi connectivity index (χ1n) is 7.27. The van der Waals surface area contributed by atoms with E-state index >= 15 is 0 Å². The molecule has 1 aliphatic heterocycles. The van der Waals surface area contributed by atoms with Crippen LogP contribution >= 0.6 is 0 Å². The van der Waals surface area contributed by atoms with Crippen molar-refractivity contribution in [1.29, 1.82) is 0 Å². The van der Waals surface area contributed by atoms with E-state index < -0.39 is 11.5 Å². The zero-order valence-corrected chi connectivity index (χ0v) is 12.2. The largest absolute Gasteiger partial charge is 0.465 e. The molecule has 4 aliphatic rings. The van der Waals surface area contributed by atoms with E-state index in [1.165, 1.54) is 0 Å². The summed E-state index contributed by atoms with van der Waals surface area (Å²) in [7, 11) is 1.68. The van der Waals surface area contributed by atoms with Gasteiger partial charge in [-0.1, -0.05) is 20.8 Å². The summed E-state index contributed by atoms with van der Waals surface area (Å²) in [5.41, 5.74) is -0.529. The van der Waals surface area contributed by atoms with Crippen LogP contribution in [-0.2, 0) is 14.3 Å². The van der Waals surface area contributed by atoms with Crippen molar-refractivity contribution in [3.63, 3.8) is 0 Å². The summed E-state index contributed by atoms with van der Waals surface area (Å²) in [5.74, 6) is 0.266. The monoisotopic (exact) mass is 268 g/mol. The minimum atomic E-state index is -0.583. The van der Waals surface area contributed by atoms with Gasteiger partial charge in [-0.15, -0.1) is 0 Å². The van der Waals surface area contributed by atoms with Crippen LogP contribution in [0.1, 0.15) is 33.6 Å². The summed E-state index contributed by atoms with van der Waals surface area (Å²) in [6.45, 7) is 6.86. The van der Waals surface area contributed by atoms with Gasteiger partial charge in [-0.2, -0.15) is 0 Å². The summed E-state index contributed by atoms with van der Waals surface area (Å²) in [4.78, 5) is 12.1. The smallest absolute Gasteiger partial charge is 0.310 e. The highest BCUT2D eigenvalue weighted by Gasteiger charge is 2.72. The van der Waals surface area contributed by atoms with Gasteiger partial charge < -0.3 is 14.6 Å². The van der Waals surface area contributed by atoms with E-state index in [1.54, 1.807) is 7.11 Å². The predicted molar refractivity (Wildman–Crippen MR) is 69.4 cm³/mol. The van der Waals surface area contributed by atoms with Crippen LogP contribution in [0.2, 0.25) is 0 Å². The number of aliphatic hydroxyl groups is 1. The second-order valence-electron chi connectivity index (χ2n) is 7.09. The third-order valence-electron chi connectivity index (χ3n) is 6.38. The van der Waals surface area contributed by atoms with Crippen LogP contribution in [0.4, 0.5) is 0 Å². The van der Waals surface area contributed by atoms with Gasteiger partial charge in [0.15, 0.2) is 0 Å². The number of ether oxygens (including phenoxy) is 2. The van der Waals surface area contributed by atoms with Gasteiger partial charge in [0, 0.05) is 23.9 Å². The summed E-state index contributed by atoms with van der Waals surface area (Å²) >= 11 is 0. The highest BCUT2D eigenvalue weighted by atomic mass is 16.5. The maximum atomic E-state index is 12.1. The lowest BCUT2D eigenvalue weighted by atomic mass is 9.41. The molecule has 0 aromatic carbocycles. The third-order valence-corrected chi connectivity index (χ3v) is 6.38. The molecule has 4 heteroatoms. The summed E-state index contributed by atoms with van der Waals surface area (Å²) in [6, 6.07) is 0. The first-order chi connectivity index (χ1) is 8.89. The van der Waals surface area contributed by atoms with E-state index in [2.05, 4.69) is 13.8 Å². The second-order valence-corrected chi connectivity index (χ2v) is 7.09. The van der Waals surface area contributed by atoms with Crippen molar-refractivity contribution in [3.05, 3.63) is 0 Å². The fourth-order valence-electron chi connectivity index (χ4n) is 5.26. The highest BCUT2D eigenvalue weighted by molar-refractivity contribution is 5.77. The number of hydrogen-bond acceptors (Lipinski definition) is 4. The molecule has 1 heterocycles. The normalized spacial score (nSPS) is 52.4. The van der Waals surface area contributed by atoms with Gasteiger partial charge in [0.2, 0.25) is 0 Å². The van der Waals surface area contributed by atoms with Crippen LogP contribution < -0.4 is 0 Å². The van der Waals surface area contributed by atoms with Crippen molar-refractivity contribution in [1.82, 2.24) is 0 Å². The quantitative estimate of drug-likeness (QED) is 0.773. The topological polar surface area (TPSA) is 55.8 Å². The Balaban J connectivity index is 2.14. The minimum Gasteiger partial charge on any atom is -0.465 e. The van der Waals surface area contributed by atoms with Gasteiger partial charge in [0.1, 0.15) is 0 Å². The van der Waals surface area contributed by atoms with E-state index in [4.69, 9.17) is 9.47 Å². The average Bonchev–Trinajstić information content (AvgIpc) is 2.76. The molecule has 6 atom stereocenters. The molecule has 0 aromatic rings. The summed E-state index contributed by atoms with van der Waals surface area (Å²) in [6.07, 6.45) is 1.11. The number of hydrogen-bond donors (Lipinski definition) is 1. The van der Waals surface area contributed by atoms with Gasteiger partial charge in [-0.25, -0.2) is 0 Å². The standard InChI is InChI=1S/C15H24O4/c1-8(2)15-6-5-14(3,11(16)12(15)18-4)10-9(15)7-19-13(10)17/h8-12,16H,5-7H2,1-4H3. The van der Waals surface area contributed by atoms with E-state index in [0.717, 1.165) is 12.8 Å². The Kier molecular flexibility index (Phi) is 2.78. The Morgan fingerprint density at radius 2 is 2.11 bits per heavy atom. The molecule has 0 spiro atoms. The molecule has 4 nitrogen and oxygen atoms in total. The second kappa shape index (κ2) is 3.95.